The number of nitrogens with zero attached hydrogens (tertiary/aromatic N) is 4. The van der Waals surface area contributed by atoms with Gasteiger partial charge in [0.15, 0.2) is 0 Å². The molecule has 1 rings (SSSR count). The first-order valence-electron chi connectivity index (χ1n) is 4.38. The van der Waals surface area contributed by atoms with E-state index in [-0.39, 0.29) is 12.4 Å². The fraction of sp³-hybridized carbons (Fsp3) is 0.857. The van der Waals surface area contributed by atoms with Crippen LogP contribution in [0.3, 0.4) is 0 Å². The lowest BCUT2D eigenvalue weighted by molar-refractivity contribution is 0.557. The molecular formula is C7H16ClN5. The van der Waals surface area contributed by atoms with Crippen LogP contribution in [-0.2, 0) is 6.54 Å². The van der Waals surface area contributed by atoms with Crippen molar-refractivity contribution in [3.05, 3.63) is 0 Å². The number of tetrazole rings is 1. The molecule has 0 bridgehead atoms. The summed E-state index contributed by atoms with van der Waals surface area (Å²) in [5.74, 6) is 0.769. The van der Waals surface area contributed by atoms with Crippen molar-refractivity contribution in [2.24, 2.45) is 0 Å². The lowest BCUT2D eigenvalue weighted by atomic mass is 10.3. The van der Waals surface area contributed by atoms with E-state index in [0.717, 1.165) is 31.9 Å². The fourth-order valence-corrected chi connectivity index (χ4v) is 0.948. The van der Waals surface area contributed by atoms with E-state index in [2.05, 4.69) is 27.8 Å². The molecule has 0 unspecified atom stereocenters. The SMILES string of the molecule is CCCCn1nnnc1NCC.Cl. The monoisotopic (exact) mass is 205 g/mol. The molecule has 0 amide bonds. The van der Waals surface area contributed by atoms with Gasteiger partial charge in [-0.1, -0.05) is 18.4 Å². The molecule has 1 N–H and O–H groups in total. The second-order valence-electron chi connectivity index (χ2n) is 2.61. The van der Waals surface area contributed by atoms with Crippen molar-refractivity contribution in [2.75, 3.05) is 11.9 Å². The van der Waals surface area contributed by atoms with E-state index in [0.29, 0.717) is 0 Å². The average molecular weight is 206 g/mol. The van der Waals surface area contributed by atoms with Crippen molar-refractivity contribution in [1.29, 1.82) is 0 Å². The highest BCUT2D eigenvalue weighted by Crippen LogP contribution is 2.00. The van der Waals surface area contributed by atoms with Gasteiger partial charge < -0.3 is 5.32 Å². The molecule has 5 nitrogen and oxygen atoms in total. The van der Waals surface area contributed by atoms with Crippen molar-refractivity contribution in [3.8, 4) is 0 Å². The molecule has 0 aliphatic carbocycles. The van der Waals surface area contributed by atoms with Gasteiger partial charge >= 0.3 is 0 Å². The molecule has 6 heteroatoms. The Morgan fingerprint density at radius 1 is 1.38 bits per heavy atom. The Morgan fingerprint density at radius 2 is 2.15 bits per heavy atom. The maximum absolute atomic E-state index is 3.87. The van der Waals surface area contributed by atoms with Crippen molar-refractivity contribution < 1.29 is 0 Å². The van der Waals surface area contributed by atoms with E-state index in [1.54, 1.807) is 4.68 Å². The number of hydrogen-bond donors (Lipinski definition) is 1. The summed E-state index contributed by atoms with van der Waals surface area (Å²) in [4.78, 5) is 0. The Kier molecular flexibility index (Phi) is 6.22. The average Bonchev–Trinajstić information content (AvgIpc) is 2.50. The largest absolute Gasteiger partial charge is 0.353 e. The third-order valence-corrected chi connectivity index (χ3v) is 1.59. The Balaban J connectivity index is 0.00000144. The molecule has 76 valence electrons. The van der Waals surface area contributed by atoms with Gasteiger partial charge in [0, 0.05) is 13.1 Å². The summed E-state index contributed by atoms with van der Waals surface area (Å²) in [7, 11) is 0. The third-order valence-electron chi connectivity index (χ3n) is 1.59. The van der Waals surface area contributed by atoms with Gasteiger partial charge in [-0.3, -0.25) is 0 Å². The smallest absolute Gasteiger partial charge is 0.242 e. The summed E-state index contributed by atoms with van der Waals surface area (Å²) in [6.07, 6.45) is 2.27. The molecule has 0 fully saturated rings. The minimum atomic E-state index is 0. The van der Waals surface area contributed by atoms with Crippen molar-refractivity contribution in [1.82, 2.24) is 20.2 Å². The van der Waals surface area contributed by atoms with Crippen LogP contribution >= 0.6 is 12.4 Å². The minimum Gasteiger partial charge on any atom is -0.353 e. The highest BCUT2D eigenvalue weighted by atomic mass is 35.5. The fourth-order valence-electron chi connectivity index (χ4n) is 0.948. The third kappa shape index (κ3) is 3.59. The number of anilines is 1. The maximum Gasteiger partial charge on any atom is 0.242 e. The molecule has 0 saturated carbocycles. The van der Waals surface area contributed by atoms with Gasteiger partial charge in [-0.2, -0.15) is 0 Å². The molecular weight excluding hydrogens is 190 g/mol. The Hall–Kier alpha value is -0.840. The van der Waals surface area contributed by atoms with Crippen LogP contribution in [0, 0.1) is 0 Å². The van der Waals surface area contributed by atoms with Crippen LogP contribution in [0.4, 0.5) is 5.95 Å². The topological polar surface area (TPSA) is 55.6 Å². The van der Waals surface area contributed by atoms with E-state index < -0.39 is 0 Å². The molecule has 1 aromatic rings. The summed E-state index contributed by atoms with van der Waals surface area (Å²) < 4.78 is 1.80. The van der Waals surface area contributed by atoms with E-state index in [9.17, 15) is 0 Å². The van der Waals surface area contributed by atoms with Crippen LogP contribution in [0.15, 0.2) is 0 Å². The lowest BCUT2D eigenvalue weighted by Crippen LogP contribution is -2.08. The van der Waals surface area contributed by atoms with E-state index in [1.807, 2.05) is 6.92 Å². The van der Waals surface area contributed by atoms with Gasteiger partial charge in [0.05, 0.1) is 0 Å². The highest BCUT2D eigenvalue weighted by Gasteiger charge is 2.01. The normalized spacial score (nSPS) is 9.38. The first-order chi connectivity index (χ1) is 5.88. The Morgan fingerprint density at radius 3 is 2.77 bits per heavy atom. The molecule has 0 radical (unpaired) electrons. The zero-order chi connectivity index (χ0) is 8.81. The molecule has 1 heterocycles. The number of aryl methyl sites for hydroxylation is 1. The number of nitrogens with one attached hydrogen (secondary N) is 1. The van der Waals surface area contributed by atoms with Crippen LogP contribution in [0.1, 0.15) is 26.7 Å². The summed E-state index contributed by atoms with van der Waals surface area (Å²) in [6.45, 7) is 5.93. The van der Waals surface area contributed by atoms with Gasteiger partial charge in [-0.15, -0.1) is 12.4 Å². The van der Waals surface area contributed by atoms with Crippen LogP contribution < -0.4 is 5.32 Å². The summed E-state index contributed by atoms with van der Waals surface area (Å²) in [5.41, 5.74) is 0. The van der Waals surface area contributed by atoms with Gasteiger partial charge in [0.2, 0.25) is 5.95 Å². The minimum absolute atomic E-state index is 0. The number of aromatic nitrogens is 4. The molecule has 0 atom stereocenters. The highest BCUT2D eigenvalue weighted by molar-refractivity contribution is 5.85. The van der Waals surface area contributed by atoms with Crippen LogP contribution in [0.25, 0.3) is 0 Å². The Bertz CT molecular complexity index is 224. The van der Waals surface area contributed by atoms with Crippen molar-refractivity contribution in [2.45, 2.75) is 33.2 Å². The summed E-state index contributed by atoms with van der Waals surface area (Å²) in [6, 6.07) is 0. The van der Waals surface area contributed by atoms with Crippen LogP contribution in [0.5, 0.6) is 0 Å². The van der Waals surface area contributed by atoms with E-state index in [1.165, 1.54) is 0 Å². The number of hydrogen-bond acceptors (Lipinski definition) is 4. The standard InChI is InChI=1S/C7H15N5.ClH/c1-3-5-6-12-7(8-4-2)9-10-11-12;/h3-6H2,1-2H3,(H,8,9,11);1H. The molecule has 0 aliphatic rings. The maximum atomic E-state index is 3.87. The van der Waals surface area contributed by atoms with Gasteiger partial charge in [0.1, 0.15) is 0 Å². The van der Waals surface area contributed by atoms with Crippen LogP contribution in [0.2, 0.25) is 0 Å². The van der Waals surface area contributed by atoms with Gasteiger partial charge in [0.25, 0.3) is 0 Å². The van der Waals surface area contributed by atoms with E-state index in [4.69, 9.17) is 0 Å². The van der Waals surface area contributed by atoms with Crippen molar-refractivity contribution in [3.63, 3.8) is 0 Å². The zero-order valence-corrected chi connectivity index (χ0v) is 8.84. The van der Waals surface area contributed by atoms with E-state index >= 15 is 0 Å². The molecule has 1 aromatic heterocycles. The molecule has 0 aliphatic heterocycles. The number of unbranched alkanes of at least 4 members (excludes halogenated alkanes) is 1. The molecule has 13 heavy (non-hydrogen) atoms. The molecule has 0 spiro atoms. The van der Waals surface area contributed by atoms with Crippen LogP contribution in [-0.4, -0.2) is 26.8 Å². The predicted octanol–water partition coefficient (Wildman–Crippen LogP) is 1.33. The van der Waals surface area contributed by atoms with Gasteiger partial charge in [-0.25, -0.2) is 4.68 Å². The first-order valence-corrected chi connectivity index (χ1v) is 4.38. The second-order valence-corrected chi connectivity index (χ2v) is 2.61. The summed E-state index contributed by atoms with van der Waals surface area (Å²) in [5, 5.41) is 14.4. The second kappa shape index (κ2) is 6.65. The molecule has 0 saturated heterocycles. The number of halogens is 1. The molecule has 0 aromatic carbocycles. The Labute approximate surface area is 84.3 Å². The quantitative estimate of drug-likeness (QED) is 0.788. The lowest BCUT2D eigenvalue weighted by Gasteiger charge is -2.02. The van der Waals surface area contributed by atoms with Crippen molar-refractivity contribution >= 4 is 18.4 Å². The first kappa shape index (κ1) is 12.2. The predicted molar refractivity (Wildman–Crippen MR) is 54.1 cm³/mol. The van der Waals surface area contributed by atoms with Gasteiger partial charge in [-0.05, 0) is 23.8 Å². The summed E-state index contributed by atoms with van der Waals surface area (Å²) >= 11 is 0. The zero-order valence-electron chi connectivity index (χ0n) is 8.03. The number of rotatable bonds is 5.